The zero-order valence-corrected chi connectivity index (χ0v) is 17.0. The molecular formula is C23H23ClN4O. The highest BCUT2D eigenvalue weighted by Gasteiger charge is 2.44. The second-order valence-corrected chi connectivity index (χ2v) is 8.84. The molecule has 1 aromatic heterocycles. The van der Waals surface area contributed by atoms with E-state index in [0.29, 0.717) is 12.5 Å². The quantitative estimate of drug-likeness (QED) is 0.641. The Hall–Kier alpha value is -2.21. The molecule has 1 fully saturated rings. The van der Waals surface area contributed by atoms with Gasteiger partial charge in [0.05, 0.1) is 24.4 Å². The average molecular weight is 407 g/mol. The van der Waals surface area contributed by atoms with Crippen molar-refractivity contribution in [1.82, 2.24) is 20.1 Å². The summed E-state index contributed by atoms with van der Waals surface area (Å²) in [6.45, 7) is 2.24. The first-order chi connectivity index (χ1) is 14.2. The van der Waals surface area contributed by atoms with E-state index in [1.165, 1.54) is 16.7 Å². The normalized spacial score (nSPS) is 25.3. The van der Waals surface area contributed by atoms with Crippen molar-refractivity contribution < 1.29 is 4.74 Å². The topological polar surface area (TPSA) is 52.0 Å². The monoisotopic (exact) mass is 406 g/mol. The van der Waals surface area contributed by atoms with Crippen LogP contribution in [0.2, 0.25) is 5.02 Å². The van der Waals surface area contributed by atoms with E-state index < -0.39 is 0 Å². The average Bonchev–Trinajstić information content (AvgIpc) is 3.27. The molecule has 3 heterocycles. The van der Waals surface area contributed by atoms with Crippen molar-refractivity contribution in [1.29, 1.82) is 0 Å². The summed E-state index contributed by atoms with van der Waals surface area (Å²) in [4.78, 5) is 0. The lowest BCUT2D eigenvalue weighted by atomic mass is 9.74. The van der Waals surface area contributed by atoms with E-state index in [1.807, 2.05) is 12.1 Å². The number of fused-ring (bicyclic) bond motifs is 5. The lowest BCUT2D eigenvalue weighted by Gasteiger charge is -2.37. The Bertz CT molecular complexity index is 1080. The molecule has 2 aliphatic heterocycles. The maximum Gasteiger partial charge on any atom is 0.151 e. The summed E-state index contributed by atoms with van der Waals surface area (Å²) >= 11 is 6.25. The predicted octanol–water partition coefficient (Wildman–Crippen LogP) is 4.61. The molecule has 1 N–H and O–H groups in total. The molecule has 6 rings (SSSR count). The largest absolute Gasteiger partial charge is 0.366 e. The number of hydrogen-bond acceptors (Lipinski definition) is 4. The van der Waals surface area contributed by atoms with Crippen LogP contribution in [0, 0.1) is 0 Å². The van der Waals surface area contributed by atoms with E-state index >= 15 is 0 Å². The first-order valence-electron chi connectivity index (χ1n) is 10.4. The lowest BCUT2D eigenvalue weighted by Crippen LogP contribution is -2.31. The standard InChI is InChI=1S/C23H23ClN4O/c24-18-5-6-20-17(11-18)12-25-13-21-26-27-22(28(20)21)15-7-9-23(10-8-15)19-4-2-1-3-16(19)14-29-23/h1-6,11,15,25H,7-10,12-14H2/t15-,23+. The SMILES string of the molecule is Clc1ccc2c(c1)CNCc1nnc([C@H]3CC[C@]4(CC3)OCc3ccccc34)n1-2. The Morgan fingerprint density at radius 1 is 1.03 bits per heavy atom. The smallest absolute Gasteiger partial charge is 0.151 e. The number of hydrogen-bond donors (Lipinski definition) is 1. The van der Waals surface area contributed by atoms with Gasteiger partial charge < -0.3 is 10.1 Å². The fraction of sp³-hybridized carbons (Fsp3) is 0.391. The van der Waals surface area contributed by atoms with E-state index in [9.17, 15) is 0 Å². The van der Waals surface area contributed by atoms with E-state index in [-0.39, 0.29) is 5.60 Å². The van der Waals surface area contributed by atoms with Crippen molar-refractivity contribution in [2.24, 2.45) is 0 Å². The molecule has 0 bridgehead atoms. The van der Waals surface area contributed by atoms with Gasteiger partial charge >= 0.3 is 0 Å². The van der Waals surface area contributed by atoms with Gasteiger partial charge in [0, 0.05) is 17.5 Å². The molecule has 2 aromatic carbocycles. The van der Waals surface area contributed by atoms with Gasteiger partial charge in [0.1, 0.15) is 5.82 Å². The van der Waals surface area contributed by atoms with Crippen LogP contribution in [0.1, 0.15) is 59.9 Å². The van der Waals surface area contributed by atoms with Gasteiger partial charge in [0.15, 0.2) is 5.82 Å². The highest BCUT2D eigenvalue weighted by molar-refractivity contribution is 6.30. The highest BCUT2D eigenvalue weighted by atomic mass is 35.5. The summed E-state index contributed by atoms with van der Waals surface area (Å²) in [7, 11) is 0. The summed E-state index contributed by atoms with van der Waals surface area (Å²) < 4.78 is 8.61. The molecule has 0 atom stereocenters. The van der Waals surface area contributed by atoms with Crippen molar-refractivity contribution in [3.63, 3.8) is 0 Å². The Kier molecular flexibility index (Phi) is 4.05. The minimum absolute atomic E-state index is 0.109. The summed E-state index contributed by atoms with van der Waals surface area (Å²) in [6, 6.07) is 14.8. The van der Waals surface area contributed by atoms with Gasteiger partial charge in [-0.1, -0.05) is 35.9 Å². The van der Waals surface area contributed by atoms with Crippen LogP contribution in [0.3, 0.4) is 0 Å². The van der Waals surface area contributed by atoms with Crippen molar-refractivity contribution in [2.75, 3.05) is 0 Å². The number of benzene rings is 2. The molecule has 3 aliphatic rings. The van der Waals surface area contributed by atoms with Crippen LogP contribution in [-0.2, 0) is 30.0 Å². The van der Waals surface area contributed by atoms with Gasteiger partial charge in [0.25, 0.3) is 0 Å². The first-order valence-corrected chi connectivity index (χ1v) is 10.8. The lowest BCUT2D eigenvalue weighted by molar-refractivity contribution is -0.0674. The van der Waals surface area contributed by atoms with E-state index in [4.69, 9.17) is 16.3 Å². The minimum atomic E-state index is -0.109. The maximum atomic E-state index is 6.35. The van der Waals surface area contributed by atoms with Crippen LogP contribution in [0.4, 0.5) is 0 Å². The Labute approximate surface area is 175 Å². The Morgan fingerprint density at radius 3 is 2.79 bits per heavy atom. The van der Waals surface area contributed by atoms with Crippen LogP contribution in [0.5, 0.6) is 0 Å². The van der Waals surface area contributed by atoms with Crippen molar-refractivity contribution in [3.05, 3.63) is 75.8 Å². The number of aromatic nitrogens is 3. The molecule has 1 spiro atoms. The number of halogens is 1. The van der Waals surface area contributed by atoms with Crippen LogP contribution in [0.25, 0.3) is 5.69 Å². The van der Waals surface area contributed by atoms with Gasteiger partial charge in [0.2, 0.25) is 0 Å². The Balaban J connectivity index is 1.33. The molecular weight excluding hydrogens is 384 g/mol. The summed E-state index contributed by atoms with van der Waals surface area (Å²) in [5.41, 5.74) is 4.97. The highest BCUT2D eigenvalue weighted by Crippen LogP contribution is 2.50. The minimum Gasteiger partial charge on any atom is -0.366 e. The number of rotatable bonds is 1. The molecule has 1 saturated carbocycles. The molecule has 1 aliphatic carbocycles. The molecule has 0 unspecified atom stereocenters. The molecule has 29 heavy (non-hydrogen) atoms. The van der Waals surface area contributed by atoms with Gasteiger partial charge in [-0.05, 0) is 60.6 Å². The maximum absolute atomic E-state index is 6.35. The zero-order valence-electron chi connectivity index (χ0n) is 16.2. The third kappa shape index (κ3) is 2.75. The van der Waals surface area contributed by atoms with E-state index in [0.717, 1.165) is 61.2 Å². The summed E-state index contributed by atoms with van der Waals surface area (Å²) in [5, 5.41) is 13.4. The second-order valence-electron chi connectivity index (χ2n) is 8.40. The third-order valence-electron chi connectivity index (χ3n) is 6.81. The van der Waals surface area contributed by atoms with Crippen LogP contribution >= 0.6 is 11.6 Å². The number of ether oxygens (including phenoxy) is 1. The van der Waals surface area contributed by atoms with E-state index in [1.54, 1.807) is 0 Å². The molecule has 3 aromatic rings. The molecule has 5 nitrogen and oxygen atoms in total. The third-order valence-corrected chi connectivity index (χ3v) is 7.04. The molecule has 0 radical (unpaired) electrons. The van der Waals surface area contributed by atoms with Gasteiger partial charge in [-0.25, -0.2) is 0 Å². The molecule has 0 amide bonds. The summed E-state index contributed by atoms with van der Waals surface area (Å²) in [5.74, 6) is 2.44. The van der Waals surface area contributed by atoms with Crippen molar-refractivity contribution in [3.8, 4) is 5.69 Å². The molecule has 148 valence electrons. The summed E-state index contributed by atoms with van der Waals surface area (Å²) in [6.07, 6.45) is 4.18. The van der Waals surface area contributed by atoms with Crippen molar-refractivity contribution >= 4 is 11.6 Å². The van der Waals surface area contributed by atoms with Gasteiger partial charge in [-0.2, -0.15) is 0 Å². The zero-order chi connectivity index (χ0) is 19.4. The van der Waals surface area contributed by atoms with Crippen molar-refractivity contribution in [2.45, 2.75) is 56.9 Å². The Morgan fingerprint density at radius 2 is 1.90 bits per heavy atom. The molecule has 0 saturated heterocycles. The van der Waals surface area contributed by atoms with Crippen LogP contribution in [0.15, 0.2) is 42.5 Å². The second kappa shape index (κ2) is 6.66. The number of nitrogens with zero attached hydrogens (tertiary/aromatic N) is 3. The first kappa shape index (κ1) is 17.6. The van der Waals surface area contributed by atoms with E-state index in [2.05, 4.69) is 50.4 Å². The predicted molar refractivity (Wildman–Crippen MR) is 111 cm³/mol. The number of nitrogens with one attached hydrogen (secondary N) is 1. The van der Waals surface area contributed by atoms with Gasteiger partial charge in [-0.3, -0.25) is 4.57 Å². The molecule has 6 heteroatoms. The van der Waals surface area contributed by atoms with Crippen LogP contribution < -0.4 is 5.32 Å². The van der Waals surface area contributed by atoms with Gasteiger partial charge in [-0.15, -0.1) is 10.2 Å². The van der Waals surface area contributed by atoms with Crippen LogP contribution in [-0.4, -0.2) is 14.8 Å². The fourth-order valence-corrected chi connectivity index (χ4v) is 5.53. The fourth-order valence-electron chi connectivity index (χ4n) is 5.33.